The molecule has 0 aliphatic rings. The lowest BCUT2D eigenvalue weighted by Crippen LogP contribution is -1.93. The Morgan fingerprint density at radius 2 is 2.31 bits per heavy atom. The SMILES string of the molecule is Cn1cnc2cc(C=O)c(N)cc21. The monoisotopic (exact) mass is 175 g/mol. The molecule has 0 atom stereocenters. The number of aldehydes is 1. The Balaban J connectivity index is 2.83. The van der Waals surface area contributed by atoms with Gasteiger partial charge in [-0.2, -0.15) is 0 Å². The van der Waals surface area contributed by atoms with Gasteiger partial charge in [0.25, 0.3) is 0 Å². The van der Waals surface area contributed by atoms with Crippen LogP contribution in [0.1, 0.15) is 10.4 Å². The highest BCUT2D eigenvalue weighted by Gasteiger charge is 2.04. The Bertz CT molecular complexity index is 473. The van der Waals surface area contributed by atoms with Crippen LogP contribution in [0.5, 0.6) is 0 Å². The lowest BCUT2D eigenvalue weighted by molar-refractivity contribution is 0.112. The minimum atomic E-state index is 0.492. The summed E-state index contributed by atoms with van der Waals surface area (Å²) in [5, 5.41) is 0. The maximum absolute atomic E-state index is 10.6. The molecular formula is C9H9N3O. The number of fused-ring (bicyclic) bond motifs is 1. The number of hydrogen-bond acceptors (Lipinski definition) is 3. The molecule has 0 amide bonds. The molecule has 0 fully saturated rings. The van der Waals surface area contributed by atoms with Crippen molar-refractivity contribution in [1.82, 2.24) is 9.55 Å². The van der Waals surface area contributed by atoms with Crippen molar-refractivity contribution in [3.8, 4) is 0 Å². The number of carbonyl (C=O) groups excluding carboxylic acids is 1. The van der Waals surface area contributed by atoms with Crippen molar-refractivity contribution in [3.05, 3.63) is 24.0 Å². The van der Waals surface area contributed by atoms with Crippen LogP contribution in [0.25, 0.3) is 11.0 Å². The maximum atomic E-state index is 10.6. The number of nitrogens with zero attached hydrogens (tertiary/aromatic N) is 2. The van der Waals surface area contributed by atoms with Gasteiger partial charge in [0, 0.05) is 18.3 Å². The van der Waals surface area contributed by atoms with Crippen molar-refractivity contribution in [2.75, 3.05) is 5.73 Å². The summed E-state index contributed by atoms with van der Waals surface area (Å²) >= 11 is 0. The van der Waals surface area contributed by atoms with Crippen molar-refractivity contribution in [3.63, 3.8) is 0 Å². The maximum Gasteiger partial charge on any atom is 0.152 e. The molecule has 0 radical (unpaired) electrons. The van der Waals surface area contributed by atoms with Crippen molar-refractivity contribution in [1.29, 1.82) is 0 Å². The van der Waals surface area contributed by atoms with E-state index in [0.29, 0.717) is 11.3 Å². The molecule has 1 aromatic carbocycles. The Labute approximate surface area is 75.0 Å². The van der Waals surface area contributed by atoms with Crippen molar-refractivity contribution >= 4 is 23.0 Å². The molecule has 2 N–H and O–H groups in total. The molecule has 0 aliphatic carbocycles. The van der Waals surface area contributed by atoms with Crippen LogP contribution in [-0.4, -0.2) is 15.8 Å². The second-order valence-corrected chi connectivity index (χ2v) is 2.94. The quantitative estimate of drug-likeness (QED) is 0.519. The van der Waals surface area contributed by atoms with Crippen LogP contribution in [0.15, 0.2) is 18.5 Å². The second-order valence-electron chi connectivity index (χ2n) is 2.94. The van der Waals surface area contributed by atoms with Gasteiger partial charge in [0.15, 0.2) is 6.29 Å². The summed E-state index contributed by atoms with van der Waals surface area (Å²) in [6.07, 6.45) is 2.43. The zero-order valence-electron chi connectivity index (χ0n) is 7.19. The van der Waals surface area contributed by atoms with Crippen LogP contribution in [0.4, 0.5) is 5.69 Å². The van der Waals surface area contributed by atoms with Crippen LogP contribution in [0, 0.1) is 0 Å². The molecule has 4 heteroatoms. The normalized spacial score (nSPS) is 10.5. The smallest absolute Gasteiger partial charge is 0.152 e. The fraction of sp³-hybridized carbons (Fsp3) is 0.111. The number of benzene rings is 1. The third kappa shape index (κ3) is 1.07. The first-order valence-corrected chi connectivity index (χ1v) is 3.88. The summed E-state index contributed by atoms with van der Waals surface area (Å²) < 4.78 is 1.86. The van der Waals surface area contributed by atoms with Gasteiger partial charge in [-0.1, -0.05) is 0 Å². The molecule has 0 unspecified atom stereocenters. The Morgan fingerprint density at radius 1 is 1.54 bits per heavy atom. The fourth-order valence-electron chi connectivity index (χ4n) is 1.31. The number of nitrogens with two attached hydrogens (primary N) is 1. The topological polar surface area (TPSA) is 60.9 Å². The van der Waals surface area contributed by atoms with E-state index in [4.69, 9.17) is 5.73 Å². The predicted octanol–water partition coefficient (Wildman–Crippen LogP) is 0.968. The highest BCUT2D eigenvalue weighted by molar-refractivity contribution is 5.92. The zero-order valence-corrected chi connectivity index (χ0v) is 7.19. The van der Waals surface area contributed by atoms with Gasteiger partial charge < -0.3 is 10.3 Å². The molecule has 1 aromatic heterocycles. The fourth-order valence-corrected chi connectivity index (χ4v) is 1.31. The van der Waals surface area contributed by atoms with Crippen LogP contribution in [-0.2, 0) is 7.05 Å². The molecule has 0 saturated carbocycles. The van der Waals surface area contributed by atoms with Crippen LogP contribution < -0.4 is 5.73 Å². The molecule has 2 aromatic rings. The second kappa shape index (κ2) is 2.58. The molecule has 2 rings (SSSR count). The standard InChI is InChI=1S/C9H9N3O/c1-12-5-11-8-2-6(4-13)7(10)3-9(8)12/h2-5H,10H2,1H3. The first-order valence-electron chi connectivity index (χ1n) is 3.88. The van der Waals surface area contributed by atoms with E-state index >= 15 is 0 Å². The molecule has 1 heterocycles. The molecule has 4 nitrogen and oxygen atoms in total. The van der Waals surface area contributed by atoms with Gasteiger partial charge in [0.05, 0.1) is 17.4 Å². The van der Waals surface area contributed by atoms with E-state index in [1.54, 1.807) is 18.5 Å². The summed E-state index contributed by atoms with van der Waals surface area (Å²) in [5.74, 6) is 0. The van der Waals surface area contributed by atoms with Crippen molar-refractivity contribution in [2.24, 2.45) is 7.05 Å². The van der Waals surface area contributed by atoms with Gasteiger partial charge >= 0.3 is 0 Å². The lowest BCUT2D eigenvalue weighted by Gasteiger charge is -1.99. The van der Waals surface area contributed by atoms with Gasteiger partial charge in [0.1, 0.15) is 0 Å². The molecule has 66 valence electrons. The van der Waals surface area contributed by atoms with E-state index in [1.165, 1.54) is 0 Å². The predicted molar refractivity (Wildman–Crippen MR) is 50.5 cm³/mol. The Hall–Kier alpha value is -1.84. The number of imidazole rings is 1. The lowest BCUT2D eigenvalue weighted by atomic mass is 10.2. The largest absolute Gasteiger partial charge is 0.398 e. The Kier molecular flexibility index (Phi) is 1.55. The van der Waals surface area contributed by atoms with E-state index in [9.17, 15) is 4.79 Å². The molecule has 13 heavy (non-hydrogen) atoms. The Morgan fingerprint density at radius 3 is 3.00 bits per heavy atom. The van der Waals surface area contributed by atoms with Gasteiger partial charge in [-0.25, -0.2) is 4.98 Å². The summed E-state index contributed by atoms with van der Waals surface area (Å²) in [6.45, 7) is 0. The number of carbonyl (C=O) groups is 1. The number of nitrogen functional groups attached to an aromatic ring is 1. The van der Waals surface area contributed by atoms with E-state index in [2.05, 4.69) is 4.98 Å². The number of anilines is 1. The highest BCUT2D eigenvalue weighted by atomic mass is 16.1. The first kappa shape index (κ1) is 7.79. The first-order chi connectivity index (χ1) is 6.22. The summed E-state index contributed by atoms with van der Waals surface area (Å²) in [7, 11) is 1.88. The minimum Gasteiger partial charge on any atom is -0.398 e. The van der Waals surface area contributed by atoms with Crippen molar-refractivity contribution in [2.45, 2.75) is 0 Å². The number of aromatic nitrogens is 2. The molecular weight excluding hydrogens is 166 g/mol. The van der Waals surface area contributed by atoms with E-state index < -0.39 is 0 Å². The van der Waals surface area contributed by atoms with Gasteiger partial charge in [-0.05, 0) is 12.1 Å². The van der Waals surface area contributed by atoms with Crippen LogP contribution >= 0.6 is 0 Å². The summed E-state index contributed by atoms with van der Waals surface area (Å²) in [4.78, 5) is 14.7. The summed E-state index contributed by atoms with van der Waals surface area (Å²) in [5.41, 5.74) is 8.36. The zero-order chi connectivity index (χ0) is 9.42. The van der Waals surface area contributed by atoms with Crippen LogP contribution in [0.2, 0.25) is 0 Å². The third-order valence-corrected chi connectivity index (χ3v) is 2.06. The number of hydrogen-bond donors (Lipinski definition) is 1. The van der Waals surface area contributed by atoms with E-state index in [0.717, 1.165) is 17.3 Å². The van der Waals surface area contributed by atoms with E-state index in [-0.39, 0.29) is 0 Å². The van der Waals surface area contributed by atoms with E-state index in [1.807, 2.05) is 11.6 Å². The summed E-state index contributed by atoms with van der Waals surface area (Å²) in [6, 6.07) is 3.45. The molecule has 0 aliphatic heterocycles. The molecule has 0 bridgehead atoms. The average molecular weight is 175 g/mol. The molecule has 0 spiro atoms. The average Bonchev–Trinajstić information content (AvgIpc) is 2.47. The number of aryl methyl sites for hydroxylation is 1. The third-order valence-electron chi connectivity index (χ3n) is 2.06. The highest BCUT2D eigenvalue weighted by Crippen LogP contribution is 2.18. The number of rotatable bonds is 1. The van der Waals surface area contributed by atoms with Crippen molar-refractivity contribution < 1.29 is 4.79 Å². The minimum absolute atomic E-state index is 0.492. The van der Waals surface area contributed by atoms with Crippen LogP contribution in [0.3, 0.4) is 0 Å². The van der Waals surface area contributed by atoms with Gasteiger partial charge in [-0.15, -0.1) is 0 Å². The van der Waals surface area contributed by atoms with Gasteiger partial charge in [-0.3, -0.25) is 4.79 Å². The molecule has 0 saturated heterocycles. The van der Waals surface area contributed by atoms with Gasteiger partial charge in [0.2, 0.25) is 0 Å².